The Morgan fingerprint density at radius 3 is 2.48 bits per heavy atom. The van der Waals surface area contributed by atoms with Gasteiger partial charge in [0, 0.05) is 36.3 Å². The summed E-state index contributed by atoms with van der Waals surface area (Å²) >= 11 is 10.9. The molecule has 0 bridgehead atoms. The second-order valence-corrected chi connectivity index (χ2v) is 5.57. The van der Waals surface area contributed by atoms with E-state index in [1.54, 1.807) is 0 Å². The third-order valence-electron chi connectivity index (χ3n) is 3.22. The predicted octanol–water partition coefficient (Wildman–Crippen LogP) is 4.84. The van der Waals surface area contributed by atoms with Gasteiger partial charge in [0.1, 0.15) is 0 Å². The molecule has 3 nitrogen and oxygen atoms in total. The highest BCUT2D eigenvalue weighted by Gasteiger charge is 2.04. The van der Waals surface area contributed by atoms with Crippen LogP contribution in [0.3, 0.4) is 0 Å². The fourth-order valence-corrected chi connectivity index (χ4v) is 2.48. The number of rotatable bonds is 10. The monoisotopic (exact) mass is 331 g/mol. The summed E-state index contributed by atoms with van der Waals surface area (Å²) in [5.74, 6) is 0.640. The molecule has 0 spiro atoms. The van der Waals surface area contributed by atoms with E-state index >= 15 is 0 Å². The van der Waals surface area contributed by atoms with Gasteiger partial charge in [0.25, 0.3) is 0 Å². The van der Waals surface area contributed by atoms with Crippen LogP contribution in [0.2, 0.25) is 0 Å². The maximum absolute atomic E-state index is 10.4. The van der Waals surface area contributed by atoms with Crippen LogP contribution in [0, 0.1) is 0 Å². The van der Waals surface area contributed by atoms with Crippen molar-refractivity contribution >= 4 is 34.3 Å². The molecule has 0 atom stereocenters. The van der Waals surface area contributed by atoms with Crippen molar-refractivity contribution in [3.05, 3.63) is 29.8 Å². The number of ether oxygens (including phenoxy) is 1. The maximum Gasteiger partial charge on any atom is 0.403 e. The van der Waals surface area contributed by atoms with E-state index in [0.29, 0.717) is 12.5 Å². The average molecular weight is 332 g/mol. The molecular formula is C16H23Cl2NO2. The Morgan fingerprint density at radius 1 is 1.19 bits per heavy atom. The smallest absolute Gasteiger partial charge is 0.403 e. The first kappa shape index (κ1) is 18.1. The van der Waals surface area contributed by atoms with Gasteiger partial charge in [-0.15, -0.1) is 11.6 Å². The highest BCUT2D eigenvalue weighted by molar-refractivity contribution is 6.61. The van der Waals surface area contributed by atoms with Gasteiger partial charge < -0.3 is 9.64 Å². The van der Waals surface area contributed by atoms with Crippen molar-refractivity contribution in [2.24, 2.45) is 0 Å². The number of benzene rings is 1. The molecule has 0 aliphatic carbocycles. The minimum Gasteiger partial charge on any atom is -0.454 e. The third-order valence-corrected chi connectivity index (χ3v) is 3.50. The van der Waals surface area contributed by atoms with Gasteiger partial charge in [0.2, 0.25) is 0 Å². The van der Waals surface area contributed by atoms with Gasteiger partial charge in [0.05, 0.1) is 6.61 Å². The van der Waals surface area contributed by atoms with Gasteiger partial charge in [0.15, 0.2) is 0 Å². The molecule has 0 radical (unpaired) electrons. The number of carbonyl (C=O) groups is 1. The summed E-state index contributed by atoms with van der Waals surface area (Å²) in [5.41, 5.74) is 1.78. The summed E-state index contributed by atoms with van der Waals surface area (Å²) < 4.78 is 4.69. The van der Waals surface area contributed by atoms with E-state index in [1.807, 2.05) is 0 Å². The number of hydrogen-bond donors (Lipinski definition) is 0. The van der Waals surface area contributed by atoms with Gasteiger partial charge in [-0.1, -0.05) is 19.1 Å². The van der Waals surface area contributed by atoms with E-state index in [4.69, 9.17) is 27.9 Å². The SMILES string of the molecule is CCCN(CCCl)c1ccc(CCCCOC(=O)Cl)cc1. The normalized spacial score (nSPS) is 10.4. The van der Waals surface area contributed by atoms with Gasteiger partial charge in [-0.2, -0.15) is 0 Å². The highest BCUT2D eigenvalue weighted by Crippen LogP contribution is 2.17. The molecule has 0 N–H and O–H groups in total. The van der Waals surface area contributed by atoms with Crippen molar-refractivity contribution in [2.75, 3.05) is 30.5 Å². The van der Waals surface area contributed by atoms with Crippen LogP contribution in [-0.4, -0.2) is 31.0 Å². The number of hydrogen-bond acceptors (Lipinski definition) is 3. The molecule has 0 aromatic heterocycles. The Kier molecular flexibility index (Phi) is 9.27. The Hall–Kier alpha value is -0.930. The topological polar surface area (TPSA) is 29.5 Å². The van der Waals surface area contributed by atoms with Gasteiger partial charge >= 0.3 is 5.43 Å². The van der Waals surface area contributed by atoms with Crippen LogP contribution in [0.1, 0.15) is 31.7 Å². The van der Waals surface area contributed by atoms with E-state index in [0.717, 1.165) is 38.8 Å². The van der Waals surface area contributed by atoms with Gasteiger partial charge in [-0.05, 0) is 43.4 Å². The molecule has 0 fully saturated rings. The second-order valence-electron chi connectivity index (χ2n) is 4.89. The van der Waals surface area contributed by atoms with Crippen LogP contribution in [-0.2, 0) is 11.2 Å². The van der Waals surface area contributed by atoms with Crippen molar-refractivity contribution in [3.8, 4) is 0 Å². The standard InChI is InChI=1S/C16H23Cl2NO2/c1-2-11-19(12-10-17)15-8-6-14(7-9-15)5-3-4-13-21-16(18)20/h6-9H,2-5,10-13H2,1H3. The van der Waals surface area contributed by atoms with Crippen molar-refractivity contribution in [1.82, 2.24) is 0 Å². The summed E-state index contributed by atoms with van der Waals surface area (Å²) in [6, 6.07) is 8.60. The fraction of sp³-hybridized carbons (Fsp3) is 0.562. The molecule has 1 aromatic rings. The first-order chi connectivity index (χ1) is 10.2. The molecule has 1 aromatic carbocycles. The number of alkyl halides is 1. The second kappa shape index (κ2) is 10.7. The lowest BCUT2D eigenvalue weighted by Gasteiger charge is -2.23. The van der Waals surface area contributed by atoms with Gasteiger partial charge in [-0.25, -0.2) is 4.79 Å². The molecule has 0 aliphatic rings. The number of unbranched alkanes of at least 4 members (excludes halogenated alkanes) is 1. The molecule has 5 heteroatoms. The summed E-state index contributed by atoms with van der Waals surface area (Å²) in [7, 11) is 0. The van der Waals surface area contributed by atoms with E-state index in [-0.39, 0.29) is 0 Å². The molecule has 0 saturated carbocycles. The summed E-state index contributed by atoms with van der Waals surface area (Å²) in [5, 5.41) is 0. The minimum absolute atomic E-state index is 0.389. The zero-order valence-corrected chi connectivity index (χ0v) is 14.0. The Balaban J connectivity index is 2.40. The average Bonchev–Trinajstić information content (AvgIpc) is 2.47. The highest BCUT2D eigenvalue weighted by atomic mass is 35.5. The molecule has 0 aliphatic heterocycles. The zero-order valence-electron chi connectivity index (χ0n) is 12.5. The Morgan fingerprint density at radius 2 is 1.90 bits per heavy atom. The molecule has 0 heterocycles. The lowest BCUT2D eigenvalue weighted by Crippen LogP contribution is -2.26. The van der Waals surface area contributed by atoms with E-state index in [2.05, 4.69) is 36.1 Å². The van der Waals surface area contributed by atoms with Crippen molar-refractivity contribution in [1.29, 1.82) is 0 Å². The third kappa shape index (κ3) is 7.58. The van der Waals surface area contributed by atoms with Crippen LogP contribution in [0.4, 0.5) is 10.5 Å². The first-order valence-electron chi connectivity index (χ1n) is 7.39. The predicted molar refractivity (Wildman–Crippen MR) is 89.8 cm³/mol. The number of aryl methyl sites for hydroxylation is 1. The molecule has 21 heavy (non-hydrogen) atoms. The van der Waals surface area contributed by atoms with E-state index in [1.165, 1.54) is 11.3 Å². The van der Waals surface area contributed by atoms with E-state index in [9.17, 15) is 4.79 Å². The maximum atomic E-state index is 10.4. The molecule has 1 rings (SSSR count). The largest absolute Gasteiger partial charge is 0.454 e. The molecule has 0 unspecified atom stereocenters. The number of carbonyl (C=O) groups excluding carboxylic acids is 1. The number of halogens is 2. The lowest BCUT2D eigenvalue weighted by atomic mass is 10.1. The summed E-state index contributed by atoms with van der Waals surface area (Å²) in [4.78, 5) is 12.7. The van der Waals surface area contributed by atoms with Crippen molar-refractivity contribution in [3.63, 3.8) is 0 Å². The molecule has 0 saturated heterocycles. The van der Waals surface area contributed by atoms with Crippen LogP contribution >= 0.6 is 23.2 Å². The minimum atomic E-state index is -0.727. The summed E-state index contributed by atoms with van der Waals surface area (Å²) in [6.45, 7) is 4.46. The fourth-order valence-electron chi connectivity index (χ4n) is 2.20. The lowest BCUT2D eigenvalue weighted by molar-refractivity contribution is 0.171. The molecule has 118 valence electrons. The quantitative estimate of drug-likeness (QED) is 0.349. The van der Waals surface area contributed by atoms with Crippen LogP contribution in [0.15, 0.2) is 24.3 Å². The van der Waals surface area contributed by atoms with Crippen LogP contribution < -0.4 is 4.90 Å². The van der Waals surface area contributed by atoms with E-state index < -0.39 is 5.43 Å². The van der Waals surface area contributed by atoms with Crippen LogP contribution in [0.25, 0.3) is 0 Å². The van der Waals surface area contributed by atoms with Crippen molar-refractivity contribution in [2.45, 2.75) is 32.6 Å². The molecule has 0 amide bonds. The van der Waals surface area contributed by atoms with Crippen molar-refractivity contribution < 1.29 is 9.53 Å². The van der Waals surface area contributed by atoms with Gasteiger partial charge in [-0.3, -0.25) is 0 Å². The molecular weight excluding hydrogens is 309 g/mol. The number of nitrogens with zero attached hydrogens (tertiary/aromatic N) is 1. The summed E-state index contributed by atoms with van der Waals surface area (Å²) in [6.07, 6.45) is 3.89. The van der Waals surface area contributed by atoms with Crippen LogP contribution in [0.5, 0.6) is 0 Å². The Bertz CT molecular complexity index is 403. The first-order valence-corrected chi connectivity index (χ1v) is 8.30. The zero-order chi connectivity index (χ0) is 15.5. The Labute approximate surface area is 137 Å². The number of anilines is 1.